The molecule has 1 aromatic heterocycles. The van der Waals surface area contributed by atoms with Crippen LogP contribution in [-0.4, -0.2) is 10.9 Å². The summed E-state index contributed by atoms with van der Waals surface area (Å²) in [6.45, 7) is 1.94. The van der Waals surface area contributed by atoms with E-state index in [9.17, 15) is 9.18 Å². The molecule has 1 heterocycles. The zero-order chi connectivity index (χ0) is 15.7. The first-order valence-electron chi connectivity index (χ1n) is 6.67. The summed E-state index contributed by atoms with van der Waals surface area (Å²) < 4.78 is 13.2. The van der Waals surface area contributed by atoms with Gasteiger partial charge in [-0.1, -0.05) is 23.7 Å². The number of aryl methyl sites for hydroxylation is 1. The molecule has 2 aromatic carbocycles. The molecule has 3 rings (SSSR count). The van der Waals surface area contributed by atoms with Gasteiger partial charge in [-0.05, 0) is 42.8 Å². The van der Waals surface area contributed by atoms with Crippen LogP contribution in [0, 0.1) is 12.7 Å². The number of benzene rings is 2. The molecule has 0 spiro atoms. The normalized spacial score (nSPS) is 10.7. The smallest absolute Gasteiger partial charge is 0.258 e. The van der Waals surface area contributed by atoms with E-state index in [0.29, 0.717) is 16.6 Å². The van der Waals surface area contributed by atoms with E-state index < -0.39 is 5.82 Å². The molecule has 0 unspecified atom stereocenters. The molecule has 0 bridgehead atoms. The Morgan fingerprint density at radius 3 is 2.77 bits per heavy atom. The predicted molar refractivity (Wildman–Crippen MR) is 85.8 cm³/mol. The average Bonchev–Trinajstić information content (AvgIpc) is 2.46. The molecule has 110 valence electrons. The largest absolute Gasteiger partial charge is 0.322 e. The molecule has 0 aliphatic heterocycles. The molecule has 5 heteroatoms. The summed E-state index contributed by atoms with van der Waals surface area (Å²) in [6, 6.07) is 13.2. The van der Waals surface area contributed by atoms with Gasteiger partial charge in [-0.15, -0.1) is 0 Å². The molecule has 0 radical (unpaired) electrons. The van der Waals surface area contributed by atoms with E-state index in [4.69, 9.17) is 11.6 Å². The van der Waals surface area contributed by atoms with E-state index in [1.807, 2.05) is 25.1 Å². The van der Waals surface area contributed by atoms with E-state index in [1.54, 1.807) is 18.2 Å². The zero-order valence-corrected chi connectivity index (χ0v) is 12.5. The SMILES string of the molecule is Cc1cccc(NC(=O)c2cc3ccc(F)cc3nc2Cl)c1. The van der Waals surface area contributed by atoms with Crippen molar-refractivity contribution in [2.45, 2.75) is 6.92 Å². The molecule has 3 nitrogen and oxygen atoms in total. The highest BCUT2D eigenvalue weighted by Gasteiger charge is 2.13. The molecule has 22 heavy (non-hydrogen) atoms. The third kappa shape index (κ3) is 2.92. The number of anilines is 1. The van der Waals surface area contributed by atoms with Crippen molar-refractivity contribution in [3.63, 3.8) is 0 Å². The van der Waals surface area contributed by atoms with Crippen LogP contribution in [0.25, 0.3) is 10.9 Å². The van der Waals surface area contributed by atoms with E-state index in [-0.39, 0.29) is 16.6 Å². The number of hydrogen-bond acceptors (Lipinski definition) is 2. The van der Waals surface area contributed by atoms with Crippen molar-refractivity contribution in [3.05, 3.63) is 70.6 Å². The van der Waals surface area contributed by atoms with Crippen molar-refractivity contribution in [2.75, 3.05) is 5.32 Å². The number of hydrogen-bond donors (Lipinski definition) is 1. The first-order valence-corrected chi connectivity index (χ1v) is 7.04. The molecule has 0 aliphatic rings. The molecule has 3 aromatic rings. The fourth-order valence-corrected chi connectivity index (χ4v) is 2.43. The number of rotatable bonds is 2. The summed E-state index contributed by atoms with van der Waals surface area (Å²) in [4.78, 5) is 16.4. The molecular weight excluding hydrogens is 303 g/mol. The van der Waals surface area contributed by atoms with Gasteiger partial charge in [0, 0.05) is 17.1 Å². The summed E-state index contributed by atoms with van der Waals surface area (Å²) in [6.07, 6.45) is 0. The molecule has 0 fully saturated rings. The minimum Gasteiger partial charge on any atom is -0.322 e. The lowest BCUT2D eigenvalue weighted by molar-refractivity contribution is 0.102. The van der Waals surface area contributed by atoms with Gasteiger partial charge in [-0.3, -0.25) is 4.79 Å². The van der Waals surface area contributed by atoms with Crippen LogP contribution in [0.1, 0.15) is 15.9 Å². The number of amides is 1. The fraction of sp³-hybridized carbons (Fsp3) is 0.0588. The Labute approximate surface area is 131 Å². The van der Waals surface area contributed by atoms with Crippen molar-refractivity contribution >= 4 is 34.1 Å². The maximum absolute atomic E-state index is 13.2. The van der Waals surface area contributed by atoms with Gasteiger partial charge in [0.2, 0.25) is 0 Å². The van der Waals surface area contributed by atoms with Gasteiger partial charge in [0.15, 0.2) is 0 Å². The standard InChI is InChI=1S/C17H12ClFN2O/c1-10-3-2-4-13(7-10)20-17(22)14-8-11-5-6-12(19)9-15(11)21-16(14)18/h2-9H,1H3,(H,20,22). The molecule has 0 atom stereocenters. The van der Waals surface area contributed by atoms with E-state index in [2.05, 4.69) is 10.3 Å². The average molecular weight is 315 g/mol. The quantitative estimate of drug-likeness (QED) is 0.703. The number of fused-ring (bicyclic) bond motifs is 1. The van der Waals surface area contributed by atoms with Gasteiger partial charge in [0.05, 0.1) is 11.1 Å². The number of nitrogens with zero attached hydrogens (tertiary/aromatic N) is 1. The van der Waals surface area contributed by atoms with Gasteiger partial charge in [0.1, 0.15) is 11.0 Å². The minimum atomic E-state index is -0.395. The summed E-state index contributed by atoms with van der Waals surface area (Å²) in [5, 5.41) is 3.48. The van der Waals surface area contributed by atoms with Gasteiger partial charge in [-0.25, -0.2) is 9.37 Å². The number of carbonyl (C=O) groups excluding carboxylic acids is 1. The highest BCUT2D eigenvalue weighted by molar-refractivity contribution is 6.33. The molecule has 0 saturated carbocycles. The topological polar surface area (TPSA) is 42.0 Å². The highest BCUT2D eigenvalue weighted by Crippen LogP contribution is 2.22. The van der Waals surface area contributed by atoms with Crippen LogP contribution < -0.4 is 5.32 Å². The Morgan fingerprint density at radius 1 is 1.18 bits per heavy atom. The Morgan fingerprint density at radius 2 is 2.00 bits per heavy atom. The predicted octanol–water partition coefficient (Wildman–Crippen LogP) is 4.59. The van der Waals surface area contributed by atoms with Gasteiger partial charge in [0.25, 0.3) is 5.91 Å². The lowest BCUT2D eigenvalue weighted by Gasteiger charge is -2.08. The number of aromatic nitrogens is 1. The maximum Gasteiger partial charge on any atom is 0.258 e. The van der Waals surface area contributed by atoms with E-state index in [0.717, 1.165) is 5.56 Å². The van der Waals surface area contributed by atoms with Crippen LogP contribution in [-0.2, 0) is 0 Å². The van der Waals surface area contributed by atoms with Crippen molar-refractivity contribution in [1.29, 1.82) is 0 Å². The van der Waals surface area contributed by atoms with Crippen LogP contribution >= 0.6 is 11.6 Å². The fourth-order valence-electron chi connectivity index (χ4n) is 2.20. The van der Waals surface area contributed by atoms with E-state index >= 15 is 0 Å². The second-order valence-electron chi connectivity index (χ2n) is 4.99. The lowest BCUT2D eigenvalue weighted by Crippen LogP contribution is -2.13. The van der Waals surface area contributed by atoms with Crippen LogP contribution in [0.5, 0.6) is 0 Å². The van der Waals surface area contributed by atoms with E-state index in [1.165, 1.54) is 12.1 Å². The number of pyridine rings is 1. The van der Waals surface area contributed by atoms with Gasteiger partial charge < -0.3 is 5.32 Å². The highest BCUT2D eigenvalue weighted by atomic mass is 35.5. The Kier molecular flexibility index (Phi) is 3.77. The summed E-state index contributed by atoms with van der Waals surface area (Å²) in [5.74, 6) is -0.748. The van der Waals surface area contributed by atoms with Crippen LogP contribution in [0.2, 0.25) is 5.15 Å². The van der Waals surface area contributed by atoms with Crippen LogP contribution in [0.4, 0.5) is 10.1 Å². The Balaban J connectivity index is 1.96. The molecule has 1 amide bonds. The first-order chi connectivity index (χ1) is 10.5. The second-order valence-corrected chi connectivity index (χ2v) is 5.35. The summed E-state index contributed by atoms with van der Waals surface area (Å²) in [5.41, 5.74) is 2.38. The van der Waals surface area contributed by atoms with Crippen molar-refractivity contribution in [3.8, 4) is 0 Å². The van der Waals surface area contributed by atoms with Crippen LogP contribution in [0.3, 0.4) is 0 Å². The Bertz CT molecular complexity index is 880. The number of halogens is 2. The number of nitrogens with one attached hydrogen (secondary N) is 1. The molecular formula is C17H12ClFN2O. The first kappa shape index (κ1) is 14.5. The van der Waals surface area contributed by atoms with Gasteiger partial charge >= 0.3 is 0 Å². The molecule has 0 aliphatic carbocycles. The second kappa shape index (κ2) is 5.73. The lowest BCUT2D eigenvalue weighted by atomic mass is 10.1. The van der Waals surface area contributed by atoms with Crippen molar-refractivity contribution in [2.24, 2.45) is 0 Å². The Hall–Kier alpha value is -2.46. The zero-order valence-electron chi connectivity index (χ0n) is 11.7. The minimum absolute atomic E-state index is 0.0447. The monoisotopic (exact) mass is 314 g/mol. The van der Waals surface area contributed by atoms with Crippen molar-refractivity contribution in [1.82, 2.24) is 4.98 Å². The summed E-state index contributed by atoms with van der Waals surface area (Å²) >= 11 is 6.05. The number of carbonyl (C=O) groups is 1. The third-order valence-electron chi connectivity index (χ3n) is 3.25. The third-order valence-corrected chi connectivity index (χ3v) is 3.54. The van der Waals surface area contributed by atoms with Crippen LogP contribution in [0.15, 0.2) is 48.5 Å². The van der Waals surface area contributed by atoms with Gasteiger partial charge in [-0.2, -0.15) is 0 Å². The van der Waals surface area contributed by atoms with Crippen molar-refractivity contribution < 1.29 is 9.18 Å². The maximum atomic E-state index is 13.2. The summed E-state index contributed by atoms with van der Waals surface area (Å²) in [7, 11) is 0. The molecule has 1 N–H and O–H groups in total. The molecule has 0 saturated heterocycles.